The van der Waals surface area contributed by atoms with Crippen LogP contribution in [-0.2, 0) is 9.53 Å². The first-order valence-electron chi connectivity index (χ1n) is 6.17. The van der Waals surface area contributed by atoms with Crippen LogP contribution in [0, 0.1) is 5.41 Å². The van der Waals surface area contributed by atoms with Crippen LogP contribution in [0.3, 0.4) is 0 Å². The molecular formula is C13H23NO2. The monoisotopic (exact) mass is 225 g/mol. The SMILES string of the molecule is CCC(C)(/C=C/C(=O)N1CCOCC1)CC. The third-order valence-corrected chi connectivity index (χ3v) is 3.57. The fourth-order valence-corrected chi connectivity index (χ4v) is 1.65. The Morgan fingerprint density at radius 1 is 1.31 bits per heavy atom. The molecule has 0 aliphatic carbocycles. The summed E-state index contributed by atoms with van der Waals surface area (Å²) < 4.78 is 5.22. The van der Waals surface area contributed by atoms with Crippen LogP contribution in [0.2, 0.25) is 0 Å². The van der Waals surface area contributed by atoms with Crippen molar-refractivity contribution in [3.8, 4) is 0 Å². The average Bonchev–Trinajstić information content (AvgIpc) is 2.36. The van der Waals surface area contributed by atoms with Crippen LogP contribution in [0.1, 0.15) is 33.6 Å². The summed E-state index contributed by atoms with van der Waals surface area (Å²) in [5.74, 6) is 0.122. The van der Waals surface area contributed by atoms with Gasteiger partial charge in [-0.05, 0) is 24.3 Å². The van der Waals surface area contributed by atoms with Crippen LogP contribution in [-0.4, -0.2) is 37.1 Å². The molecule has 1 aliphatic rings. The number of allylic oxidation sites excluding steroid dienone is 1. The normalized spacial score (nSPS) is 18.1. The van der Waals surface area contributed by atoms with Crippen molar-refractivity contribution in [1.29, 1.82) is 0 Å². The fourth-order valence-electron chi connectivity index (χ4n) is 1.65. The maximum Gasteiger partial charge on any atom is 0.246 e. The van der Waals surface area contributed by atoms with Crippen LogP contribution in [0.5, 0.6) is 0 Å². The van der Waals surface area contributed by atoms with Crippen LogP contribution >= 0.6 is 0 Å². The highest BCUT2D eigenvalue weighted by Crippen LogP contribution is 2.26. The van der Waals surface area contributed by atoms with Gasteiger partial charge in [0.1, 0.15) is 0 Å². The molecule has 92 valence electrons. The Balaban J connectivity index is 2.51. The Morgan fingerprint density at radius 3 is 2.38 bits per heavy atom. The van der Waals surface area contributed by atoms with Gasteiger partial charge in [-0.3, -0.25) is 4.79 Å². The number of amides is 1. The molecule has 0 saturated carbocycles. The first-order chi connectivity index (χ1) is 7.61. The van der Waals surface area contributed by atoms with Crippen molar-refractivity contribution in [2.24, 2.45) is 5.41 Å². The van der Waals surface area contributed by atoms with Crippen molar-refractivity contribution >= 4 is 5.91 Å². The largest absolute Gasteiger partial charge is 0.378 e. The summed E-state index contributed by atoms with van der Waals surface area (Å²) in [6.45, 7) is 9.28. The summed E-state index contributed by atoms with van der Waals surface area (Å²) in [4.78, 5) is 13.7. The number of hydrogen-bond acceptors (Lipinski definition) is 2. The molecular weight excluding hydrogens is 202 g/mol. The first-order valence-corrected chi connectivity index (χ1v) is 6.17. The van der Waals surface area contributed by atoms with E-state index in [4.69, 9.17) is 4.74 Å². The zero-order valence-electron chi connectivity index (χ0n) is 10.7. The van der Waals surface area contributed by atoms with Gasteiger partial charge in [0.2, 0.25) is 5.91 Å². The number of hydrogen-bond donors (Lipinski definition) is 0. The van der Waals surface area contributed by atoms with E-state index in [9.17, 15) is 4.79 Å². The standard InChI is InChI=1S/C13H23NO2/c1-4-13(3,5-2)7-6-12(15)14-8-10-16-11-9-14/h6-7H,4-5,8-11H2,1-3H3/b7-6+. The minimum absolute atomic E-state index is 0.122. The van der Waals surface area contributed by atoms with Gasteiger partial charge in [0.15, 0.2) is 0 Å². The Bertz CT molecular complexity index is 251. The molecule has 0 bridgehead atoms. The molecule has 1 amide bonds. The molecule has 0 aromatic heterocycles. The molecule has 0 N–H and O–H groups in total. The minimum Gasteiger partial charge on any atom is -0.378 e. The molecule has 1 fully saturated rings. The number of ether oxygens (including phenoxy) is 1. The summed E-state index contributed by atoms with van der Waals surface area (Å²) in [5, 5.41) is 0. The molecule has 3 heteroatoms. The Kier molecular flexibility index (Phi) is 5.00. The third-order valence-electron chi connectivity index (χ3n) is 3.57. The van der Waals surface area contributed by atoms with Crippen molar-refractivity contribution in [3.05, 3.63) is 12.2 Å². The molecule has 1 saturated heterocycles. The number of carbonyl (C=O) groups is 1. The van der Waals surface area contributed by atoms with E-state index in [2.05, 4.69) is 26.8 Å². The van der Waals surface area contributed by atoms with E-state index in [0.717, 1.165) is 25.9 Å². The van der Waals surface area contributed by atoms with Crippen molar-refractivity contribution < 1.29 is 9.53 Å². The van der Waals surface area contributed by atoms with Gasteiger partial charge in [0, 0.05) is 13.1 Å². The van der Waals surface area contributed by atoms with E-state index >= 15 is 0 Å². The molecule has 0 aromatic rings. The minimum atomic E-state index is 0.122. The quantitative estimate of drug-likeness (QED) is 0.687. The molecule has 1 aliphatic heterocycles. The fraction of sp³-hybridized carbons (Fsp3) is 0.769. The van der Waals surface area contributed by atoms with Crippen LogP contribution in [0.4, 0.5) is 0 Å². The summed E-state index contributed by atoms with van der Waals surface area (Å²) >= 11 is 0. The molecule has 1 rings (SSSR count). The van der Waals surface area contributed by atoms with Gasteiger partial charge in [-0.25, -0.2) is 0 Å². The second kappa shape index (κ2) is 6.04. The lowest BCUT2D eigenvalue weighted by Gasteiger charge is -2.27. The molecule has 0 radical (unpaired) electrons. The summed E-state index contributed by atoms with van der Waals surface area (Å²) in [6.07, 6.45) is 5.93. The van der Waals surface area contributed by atoms with Gasteiger partial charge in [0.05, 0.1) is 13.2 Å². The Labute approximate surface area is 98.5 Å². The second-order valence-electron chi connectivity index (χ2n) is 4.63. The highest BCUT2D eigenvalue weighted by Gasteiger charge is 2.18. The summed E-state index contributed by atoms with van der Waals surface area (Å²) in [5.41, 5.74) is 0.155. The molecule has 1 heterocycles. The summed E-state index contributed by atoms with van der Waals surface area (Å²) in [6, 6.07) is 0. The van der Waals surface area contributed by atoms with Crippen molar-refractivity contribution in [2.75, 3.05) is 26.3 Å². The molecule has 16 heavy (non-hydrogen) atoms. The van der Waals surface area contributed by atoms with Crippen LogP contribution in [0.15, 0.2) is 12.2 Å². The third kappa shape index (κ3) is 3.63. The van der Waals surface area contributed by atoms with Gasteiger partial charge in [-0.2, -0.15) is 0 Å². The molecule has 3 nitrogen and oxygen atoms in total. The Hall–Kier alpha value is -0.830. The number of carbonyl (C=O) groups excluding carboxylic acids is 1. The van der Waals surface area contributed by atoms with Crippen molar-refractivity contribution in [3.63, 3.8) is 0 Å². The predicted molar refractivity (Wildman–Crippen MR) is 65.2 cm³/mol. The van der Waals surface area contributed by atoms with Crippen molar-refractivity contribution in [2.45, 2.75) is 33.6 Å². The highest BCUT2D eigenvalue weighted by atomic mass is 16.5. The molecule has 0 spiro atoms. The number of nitrogens with zero attached hydrogens (tertiary/aromatic N) is 1. The molecule has 0 aromatic carbocycles. The van der Waals surface area contributed by atoms with E-state index in [1.165, 1.54) is 0 Å². The Morgan fingerprint density at radius 2 is 1.88 bits per heavy atom. The maximum absolute atomic E-state index is 11.9. The van der Waals surface area contributed by atoms with E-state index < -0.39 is 0 Å². The van der Waals surface area contributed by atoms with E-state index in [1.807, 2.05) is 4.90 Å². The maximum atomic E-state index is 11.9. The number of morpholine rings is 1. The van der Waals surface area contributed by atoms with Crippen molar-refractivity contribution in [1.82, 2.24) is 4.90 Å². The van der Waals surface area contributed by atoms with Gasteiger partial charge in [-0.15, -0.1) is 0 Å². The second-order valence-corrected chi connectivity index (χ2v) is 4.63. The van der Waals surface area contributed by atoms with Crippen LogP contribution < -0.4 is 0 Å². The van der Waals surface area contributed by atoms with E-state index in [-0.39, 0.29) is 11.3 Å². The van der Waals surface area contributed by atoms with Gasteiger partial charge in [-0.1, -0.05) is 26.8 Å². The summed E-state index contributed by atoms with van der Waals surface area (Å²) in [7, 11) is 0. The first kappa shape index (κ1) is 13.2. The topological polar surface area (TPSA) is 29.5 Å². The van der Waals surface area contributed by atoms with Gasteiger partial charge in [0.25, 0.3) is 0 Å². The lowest BCUT2D eigenvalue weighted by molar-refractivity contribution is -0.130. The smallest absolute Gasteiger partial charge is 0.246 e. The lowest BCUT2D eigenvalue weighted by atomic mass is 9.84. The predicted octanol–water partition coefficient (Wildman–Crippen LogP) is 2.23. The van der Waals surface area contributed by atoms with Gasteiger partial charge < -0.3 is 9.64 Å². The van der Waals surface area contributed by atoms with E-state index in [0.29, 0.717) is 13.2 Å². The molecule has 0 atom stereocenters. The van der Waals surface area contributed by atoms with Gasteiger partial charge >= 0.3 is 0 Å². The van der Waals surface area contributed by atoms with E-state index in [1.54, 1.807) is 6.08 Å². The highest BCUT2D eigenvalue weighted by molar-refractivity contribution is 5.87. The zero-order valence-corrected chi connectivity index (χ0v) is 10.7. The lowest BCUT2D eigenvalue weighted by Crippen LogP contribution is -2.39. The molecule has 0 unspecified atom stereocenters. The average molecular weight is 225 g/mol. The zero-order chi connectivity index (χ0) is 12.0. The number of rotatable bonds is 4. The van der Waals surface area contributed by atoms with Crippen LogP contribution in [0.25, 0.3) is 0 Å².